The molecule has 0 aliphatic heterocycles. The van der Waals surface area contributed by atoms with E-state index >= 15 is 0 Å². The molecule has 110 valence electrons. The van der Waals surface area contributed by atoms with Gasteiger partial charge in [-0.25, -0.2) is 0 Å². The molecule has 0 heterocycles. The lowest BCUT2D eigenvalue weighted by Gasteiger charge is -2.36. The molecule has 1 heteroatoms. The van der Waals surface area contributed by atoms with Crippen molar-refractivity contribution in [2.45, 2.75) is 70.8 Å². The highest BCUT2D eigenvalue weighted by atomic mass is 16.3. The van der Waals surface area contributed by atoms with Crippen LogP contribution in [0.5, 0.6) is 0 Å². The van der Waals surface area contributed by atoms with Crippen LogP contribution >= 0.6 is 0 Å². The first-order valence-corrected chi connectivity index (χ1v) is 8.33. The van der Waals surface area contributed by atoms with E-state index in [-0.39, 0.29) is 6.10 Å². The van der Waals surface area contributed by atoms with E-state index in [1.54, 1.807) is 0 Å². The molecule has 1 unspecified atom stereocenters. The summed E-state index contributed by atoms with van der Waals surface area (Å²) < 4.78 is 0. The van der Waals surface area contributed by atoms with Crippen LogP contribution in [0.1, 0.15) is 81.9 Å². The minimum Gasteiger partial charge on any atom is -0.388 e. The fourth-order valence-corrected chi connectivity index (χ4v) is 3.72. The molecule has 2 fully saturated rings. The molecule has 2 aliphatic carbocycles. The van der Waals surface area contributed by atoms with Gasteiger partial charge in [0.15, 0.2) is 0 Å². The highest BCUT2D eigenvalue weighted by molar-refractivity contribution is 5.28. The zero-order valence-electron chi connectivity index (χ0n) is 12.9. The first-order valence-electron chi connectivity index (χ1n) is 8.33. The van der Waals surface area contributed by atoms with Crippen LogP contribution < -0.4 is 0 Å². The molecule has 2 aliphatic rings. The third-order valence-electron chi connectivity index (χ3n) is 5.68. The van der Waals surface area contributed by atoms with Crippen LogP contribution in [0, 0.1) is 11.3 Å². The second kappa shape index (κ2) is 5.52. The summed E-state index contributed by atoms with van der Waals surface area (Å²) in [6.45, 7) is 4.70. The second-order valence-electron chi connectivity index (χ2n) is 7.74. The van der Waals surface area contributed by atoms with Gasteiger partial charge < -0.3 is 5.11 Å². The number of aliphatic hydroxyl groups is 1. The van der Waals surface area contributed by atoms with Gasteiger partial charge in [0.25, 0.3) is 0 Å². The van der Waals surface area contributed by atoms with Crippen molar-refractivity contribution in [3.8, 4) is 0 Å². The molecule has 2 saturated carbocycles. The summed E-state index contributed by atoms with van der Waals surface area (Å²) in [5.41, 5.74) is 3.07. The Morgan fingerprint density at radius 2 is 1.60 bits per heavy atom. The Bertz CT molecular complexity index is 431. The van der Waals surface area contributed by atoms with Gasteiger partial charge in [0.2, 0.25) is 0 Å². The number of hydrogen-bond acceptors (Lipinski definition) is 1. The van der Waals surface area contributed by atoms with Crippen LogP contribution in [-0.2, 0) is 0 Å². The molecule has 3 rings (SSSR count). The van der Waals surface area contributed by atoms with E-state index in [0.29, 0.717) is 11.3 Å². The van der Waals surface area contributed by atoms with Gasteiger partial charge in [0.05, 0.1) is 6.10 Å². The van der Waals surface area contributed by atoms with Gasteiger partial charge >= 0.3 is 0 Å². The van der Waals surface area contributed by atoms with Gasteiger partial charge in [-0.3, -0.25) is 0 Å². The van der Waals surface area contributed by atoms with Gasteiger partial charge in [-0.05, 0) is 66.9 Å². The first kappa shape index (κ1) is 14.1. The Labute approximate surface area is 123 Å². The van der Waals surface area contributed by atoms with Crippen molar-refractivity contribution >= 4 is 0 Å². The van der Waals surface area contributed by atoms with E-state index in [1.165, 1.54) is 50.5 Å². The van der Waals surface area contributed by atoms with Crippen molar-refractivity contribution in [2.24, 2.45) is 11.3 Å². The monoisotopic (exact) mass is 272 g/mol. The number of hydrogen-bond donors (Lipinski definition) is 1. The smallest absolute Gasteiger partial charge is 0.0818 e. The Morgan fingerprint density at radius 3 is 2.10 bits per heavy atom. The number of rotatable bonds is 3. The highest BCUT2D eigenvalue weighted by Gasteiger charge is 2.31. The zero-order chi connectivity index (χ0) is 14.2. The fourth-order valence-electron chi connectivity index (χ4n) is 3.72. The summed E-state index contributed by atoms with van der Waals surface area (Å²) in [5.74, 6) is 1.24. The molecular formula is C19H28O. The van der Waals surface area contributed by atoms with Crippen LogP contribution in [0.3, 0.4) is 0 Å². The average molecular weight is 272 g/mol. The predicted molar refractivity (Wildman–Crippen MR) is 83.7 cm³/mol. The number of aliphatic hydroxyl groups excluding tert-OH is 1. The second-order valence-corrected chi connectivity index (χ2v) is 7.74. The molecule has 1 aromatic rings. The third kappa shape index (κ3) is 2.93. The lowest BCUT2D eigenvalue weighted by atomic mass is 9.71. The molecule has 0 aromatic heterocycles. The Balaban J connectivity index is 1.63. The van der Waals surface area contributed by atoms with E-state index in [2.05, 4.69) is 38.1 Å². The van der Waals surface area contributed by atoms with E-state index in [0.717, 1.165) is 11.5 Å². The molecule has 0 spiro atoms. The number of benzene rings is 1. The van der Waals surface area contributed by atoms with E-state index in [1.807, 2.05) is 0 Å². The van der Waals surface area contributed by atoms with Crippen molar-refractivity contribution in [1.29, 1.82) is 0 Å². The molecule has 1 nitrogen and oxygen atoms in total. The first-order chi connectivity index (χ1) is 9.55. The van der Waals surface area contributed by atoms with Crippen molar-refractivity contribution in [2.75, 3.05) is 0 Å². The van der Waals surface area contributed by atoms with Crippen LogP contribution in [-0.4, -0.2) is 5.11 Å². The normalized spacial score (nSPS) is 25.1. The third-order valence-corrected chi connectivity index (χ3v) is 5.68. The van der Waals surface area contributed by atoms with E-state index in [4.69, 9.17) is 0 Å². The fraction of sp³-hybridized carbons (Fsp3) is 0.684. The van der Waals surface area contributed by atoms with Gasteiger partial charge in [-0.15, -0.1) is 0 Å². The standard InChI is InChI=1S/C19H28O/c1-19(2)12-10-17(11-13-19)18(20)16-8-6-15(7-9-16)14-4-3-5-14/h6-9,14,17-18,20H,3-5,10-13H2,1-2H3. The molecule has 0 bridgehead atoms. The Hall–Kier alpha value is -0.820. The van der Waals surface area contributed by atoms with Crippen molar-refractivity contribution in [3.63, 3.8) is 0 Å². The Morgan fingerprint density at radius 1 is 1.00 bits per heavy atom. The molecule has 20 heavy (non-hydrogen) atoms. The molecule has 1 aromatic carbocycles. The predicted octanol–water partition coefficient (Wildman–Crippen LogP) is 5.20. The van der Waals surface area contributed by atoms with Gasteiger partial charge in [0, 0.05) is 0 Å². The van der Waals surface area contributed by atoms with Gasteiger partial charge in [0.1, 0.15) is 0 Å². The summed E-state index contributed by atoms with van der Waals surface area (Å²) in [6.07, 6.45) is 8.63. The average Bonchev–Trinajstić information content (AvgIpc) is 2.37. The van der Waals surface area contributed by atoms with Gasteiger partial charge in [-0.1, -0.05) is 44.5 Å². The summed E-state index contributed by atoms with van der Waals surface area (Å²) >= 11 is 0. The van der Waals surface area contributed by atoms with Crippen LogP contribution in [0.4, 0.5) is 0 Å². The molecular weight excluding hydrogens is 244 g/mol. The molecule has 0 saturated heterocycles. The largest absolute Gasteiger partial charge is 0.388 e. The maximum absolute atomic E-state index is 10.6. The minimum atomic E-state index is -0.262. The molecule has 1 atom stereocenters. The van der Waals surface area contributed by atoms with Gasteiger partial charge in [-0.2, -0.15) is 0 Å². The minimum absolute atomic E-state index is 0.262. The summed E-state index contributed by atoms with van der Waals surface area (Å²) in [7, 11) is 0. The van der Waals surface area contributed by atoms with Crippen molar-refractivity contribution in [1.82, 2.24) is 0 Å². The summed E-state index contributed by atoms with van der Waals surface area (Å²) in [5, 5.41) is 10.6. The molecule has 0 amide bonds. The maximum Gasteiger partial charge on any atom is 0.0818 e. The summed E-state index contributed by atoms with van der Waals surface area (Å²) in [6, 6.07) is 8.82. The quantitative estimate of drug-likeness (QED) is 0.801. The van der Waals surface area contributed by atoms with Crippen molar-refractivity contribution in [3.05, 3.63) is 35.4 Å². The highest BCUT2D eigenvalue weighted by Crippen LogP contribution is 2.43. The van der Waals surface area contributed by atoms with Crippen LogP contribution in [0.25, 0.3) is 0 Å². The molecule has 1 N–H and O–H groups in total. The zero-order valence-corrected chi connectivity index (χ0v) is 12.9. The lowest BCUT2D eigenvalue weighted by Crippen LogP contribution is -2.25. The SMILES string of the molecule is CC1(C)CCC(C(O)c2ccc(C3CCC3)cc2)CC1. The lowest BCUT2D eigenvalue weighted by molar-refractivity contribution is 0.0567. The Kier molecular flexibility index (Phi) is 3.90. The topological polar surface area (TPSA) is 20.2 Å². The van der Waals surface area contributed by atoms with E-state index in [9.17, 15) is 5.11 Å². The van der Waals surface area contributed by atoms with Crippen LogP contribution in [0.15, 0.2) is 24.3 Å². The molecule has 0 radical (unpaired) electrons. The summed E-state index contributed by atoms with van der Waals surface area (Å²) in [4.78, 5) is 0. The van der Waals surface area contributed by atoms with Crippen LogP contribution in [0.2, 0.25) is 0 Å². The van der Waals surface area contributed by atoms with E-state index < -0.39 is 0 Å². The maximum atomic E-state index is 10.6. The van der Waals surface area contributed by atoms with Crippen molar-refractivity contribution < 1.29 is 5.11 Å².